The second kappa shape index (κ2) is 6.73. The van der Waals surface area contributed by atoms with Crippen molar-refractivity contribution >= 4 is 12.0 Å². The molecule has 9 heteroatoms. The lowest BCUT2D eigenvalue weighted by Gasteiger charge is -2.23. The highest BCUT2D eigenvalue weighted by Crippen LogP contribution is 2.33. The number of nitrogens with zero attached hydrogens (tertiary/aromatic N) is 2. The molecule has 6 nitrogen and oxygen atoms in total. The number of hydrogen-bond acceptors (Lipinski definition) is 6. The van der Waals surface area contributed by atoms with Crippen LogP contribution < -0.4 is 10.2 Å². The highest BCUT2D eigenvalue weighted by Gasteiger charge is 2.48. The van der Waals surface area contributed by atoms with Crippen LogP contribution in [0.2, 0.25) is 0 Å². The summed E-state index contributed by atoms with van der Waals surface area (Å²) in [5, 5.41) is 10.7. The molecule has 2 aliphatic heterocycles. The van der Waals surface area contributed by atoms with Crippen LogP contribution >= 0.6 is 0 Å². The van der Waals surface area contributed by atoms with Gasteiger partial charge in [-0.25, -0.2) is 0 Å². The molecule has 3 rings (SSSR count). The minimum Gasteiger partial charge on any atom is -0.497 e. The van der Waals surface area contributed by atoms with Gasteiger partial charge in [0.2, 0.25) is 0 Å². The molecule has 0 bridgehead atoms. The average Bonchev–Trinajstić information content (AvgIpc) is 3.15. The number of benzene rings is 1. The molecule has 1 aromatic carbocycles. The molecule has 0 radical (unpaired) electrons. The number of aliphatic hydroxyl groups is 1. The molecule has 26 heavy (non-hydrogen) atoms. The van der Waals surface area contributed by atoms with Gasteiger partial charge in [-0.1, -0.05) is 12.1 Å². The predicted octanol–water partition coefficient (Wildman–Crippen LogP) is 1.60. The number of aliphatic hydroxyl groups excluding tert-OH is 1. The van der Waals surface area contributed by atoms with Crippen molar-refractivity contribution in [3.63, 3.8) is 0 Å². The lowest BCUT2D eigenvalue weighted by Crippen LogP contribution is -2.39. The first-order valence-electron chi connectivity index (χ1n) is 7.97. The van der Waals surface area contributed by atoms with E-state index in [1.54, 1.807) is 31.2 Å². The van der Waals surface area contributed by atoms with Crippen molar-refractivity contribution in [2.24, 2.45) is 4.99 Å². The van der Waals surface area contributed by atoms with Crippen LogP contribution in [0.25, 0.3) is 0 Å². The monoisotopic (exact) mass is 369 g/mol. The van der Waals surface area contributed by atoms with E-state index in [-0.39, 0.29) is 12.5 Å². The Hall–Kier alpha value is -2.39. The largest absolute Gasteiger partial charge is 0.497 e. The number of nitrogens with one attached hydrogen (secondary N) is 1. The summed E-state index contributed by atoms with van der Waals surface area (Å²) >= 11 is 0. The molecule has 2 N–H and O–H groups in total. The van der Waals surface area contributed by atoms with Crippen LogP contribution in [0.1, 0.15) is 12.5 Å². The number of ketones is 1. The second-order valence-electron chi connectivity index (χ2n) is 6.17. The summed E-state index contributed by atoms with van der Waals surface area (Å²) in [6.45, 7) is 1.64. The average molecular weight is 369 g/mol. The number of methoxy groups -OCH3 is 1. The number of dihydropyridines is 1. The van der Waals surface area contributed by atoms with Gasteiger partial charge in [0.25, 0.3) is 0 Å². The van der Waals surface area contributed by atoms with E-state index in [0.29, 0.717) is 11.3 Å². The van der Waals surface area contributed by atoms with Crippen LogP contribution in [-0.4, -0.2) is 53.7 Å². The summed E-state index contributed by atoms with van der Waals surface area (Å²) in [6, 6.07) is 5.21. The smallest absolute Gasteiger partial charge is 0.422 e. The molecule has 2 unspecified atom stereocenters. The van der Waals surface area contributed by atoms with Gasteiger partial charge in [0, 0.05) is 12.6 Å². The van der Waals surface area contributed by atoms with E-state index >= 15 is 0 Å². The van der Waals surface area contributed by atoms with Crippen molar-refractivity contribution < 1.29 is 27.8 Å². The molecular formula is C17H18F3N3O3. The minimum atomic E-state index is -4.83. The Morgan fingerprint density at radius 1 is 1.31 bits per heavy atom. The first kappa shape index (κ1) is 18.4. The maximum atomic E-state index is 13.4. The quantitative estimate of drug-likeness (QED) is 0.772. The maximum absolute atomic E-state index is 13.4. The third-order valence-corrected chi connectivity index (χ3v) is 4.39. The Morgan fingerprint density at radius 3 is 2.42 bits per heavy atom. The highest BCUT2D eigenvalue weighted by atomic mass is 19.4. The lowest BCUT2D eigenvalue weighted by molar-refractivity contribution is -0.130. The normalized spacial score (nSPS) is 28.3. The van der Waals surface area contributed by atoms with Crippen molar-refractivity contribution in [2.75, 3.05) is 7.11 Å². The van der Waals surface area contributed by atoms with Crippen molar-refractivity contribution in [1.82, 2.24) is 10.4 Å². The highest BCUT2D eigenvalue weighted by molar-refractivity contribution is 6.08. The molecule has 140 valence electrons. The third-order valence-electron chi connectivity index (χ3n) is 4.39. The number of carbonyl (C=O) groups is 1. The van der Waals surface area contributed by atoms with E-state index in [1.807, 2.05) is 0 Å². The van der Waals surface area contributed by atoms with Crippen LogP contribution in [0.4, 0.5) is 13.2 Å². The number of rotatable bonds is 5. The first-order valence-corrected chi connectivity index (χ1v) is 7.97. The standard InChI is InChI=1S/C17H18F3N3O3/c1-9-16(25)23(9)22-13-8-21-12(15(24)14(13)17(18,19)20)7-10-3-5-11(26-2)6-4-10/h3-6,8-9,12,16,22,25H,7H2,1-2H3/t9-,12?,16-,23?/m0/s1. The molecule has 0 aliphatic carbocycles. The van der Waals surface area contributed by atoms with Gasteiger partial charge >= 0.3 is 6.18 Å². The van der Waals surface area contributed by atoms with E-state index in [2.05, 4.69) is 10.4 Å². The summed E-state index contributed by atoms with van der Waals surface area (Å²) in [5.74, 6) is -0.483. The van der Waals surface area contributed by atoms with Crippen LogP contribution in [0.5, 0.6) is 5.75 Å². The van der Waals surface area contributed by atoms with Gasteiger partial charge in [0.05, 0.1) is 18.8 Å². The van der Waals surface area contributed by atoms with E-state index in [1.165, 1.54) is 12.1 Å². The summed E-state index contributed by atoms with van der Waals surface area (Å²) in [4.78, 5) is 16.4. The zero-order valence-corrected chi connectivity index (χ0v) is 14.1. The molecule has 1 fully saturated rings. The summed E-state index contributed by atoms with van der Waals surface area (Å²) < 4.78 is 45.3. The first-order chi connectivity index (χ1) is 12.2. The third kappa shape index (κ3) is 3.58. The minimum absolute atomic E-state index is 0.0505. The van der Waals surface area contributed by atoms with Crippen molar-refractivity contribution in [3.05, 3.63) is 41.1 Å². The van der Waals surface area contributed by atoms with Crippen LogP contribution in [0, 0.1) is 0 Å². The number of alkyl halides is 3. The van der Waals surface area contributed by atoms with Crippen molar-refractivity contribution in [1.29, 1.82) is 0 Å². The number of ether oxygens (including phenoxy) is 1. The Morgan fingerprint density at radius 2 is 1.92 bits per heavy atom. The number of aliphatic imine (C=N–C) groups is 1. The van der Waals surface area contributed by atoms with E-state index in [4.69, 9.17) is 4.74 Å². The van der Waals surface area contributed by atoms with E-state index < -0.39 is 35.5 Å². The van der Waals surface area contributed by atoms with Gasteiger partial charge in [0.1, 0.15) is 23.6 Å². The Labute approximate surface area is 147 Å². The fraction of sp³-hybridized carbons (Fsp3) is 0.412. The molecular weight excluding hydrogens is 351 g/mol. The van der Waals surface area contributed by atoms with Gasteiger partial charge in [-0.3, -0.25) is 9.79 Å². The van der Waals surface area contributed by atoms with Crippen LogP contribution in [-0.2, 0) is 11.2 Å². The zero-order valence-electron chi connectivity index (χ0n) is 14.1. The summed E-state index contributed by atoms with van der Waals surface area (Å²) in [5.41, 5.74) is 1.38. The Balaban J connectivity index is 1.80. The van der Waals surface area contributed by atoms with E-state index in [9.17, 15) is 23.1 Å². The van der Waals surface area contributed by atoms with Crippen molar-refractivity contribution in [2.45, 2.75) is 37.8 Å². The van der Waals surface area contributed by atoms with Crippen LogP contribution in [0.3, 0.4) is 0 Å². The van der Waals surface area contributed by atoms with Gasteiger partial charge in [0.15, 0.2) is 5.78 Å². The molecule has 4 atom stereocenters. The molecule has 2 aliphatic rings. The number of hydrogen-bond donors (Lipinski definition) is 2. The SMILES string of the molecule is COc1ccc(CC2N=CC(NN3[C@@H](C)[C@@H]3O)=C(C(F)(F)F)C2=O)cc1. The number of hydrazine groups is 1. The topological polar surface area (TPSA) is 73.9 Å². The Kier molecular flexibility index (Phi) is 4.76. The zero-order chi connectivity index (χ0) is 19.1. The van der Waals surface area contributed by atoms with Gasteiger partial charge in [-0.2, -0.15) is 18.2 Å². The lowest BCUT2D eigenvalue weighted by atomic mass is 9.94. The summed E-state index contributed by atoms with van der Waals surface area (Å²) in [7, 11) is 1.51. The molecule has 0 amide bonds. The molecule has 1 saturated heterocycles. The molecule has 0 saturated carbocycles. The van der Waals surface area contributed by atoms with Gasteiger partial charge in [-0.05, 0) is 24.6 Å². The maximum Gasteiger partial charge on any atom is 0.422 e. The molecule has 0 aromatic heterocycles. The molecule has 0 spiro atoms. The number of halogens is 3. The Bertz CT molecular complexity index is 751. The van der Waals surface area contributed by atoms with Gasteiger partial charge < -0.3 is 15.3 Å². The fourth-order valence-electron chi connectivity index (χ4n) is 2.74. The van der Waals surface area contributed by atoms with Crippen LogP contribution in [0.15, 0.2) is 40.5 Å². The van der Waals surface area contributed by atoms with Gasteiger partial charge in [-0.15, -0.1) is 0 Å². The fourth-order valence-corrected chi connectivity index (χ4v) is 2.74. The molecule has 1 aromatic rings. The second-order valence-corrected chi connectivity index (χ2v) is 6.17. The van der Waals surface area contributed by atoms with Crippen molar-refractivity contribution in [3.8, 4) is 5.75 Å². The number of Topliss-reactive ketones (excluding diaryl/α,β-unsaturated/α-hetero) is 1. The number of allylic oxidation sites excluding steroid dienone is 1. The summed E-state index contributed by atoms with van der Waals surface area (Å²) in [6.07, 6.45) is -4.66. The molecule has 2 heterocycles. The predicted molar refractivity (Wildman–Crippen MR) is 87.5 cm³/mol. The number of carbonyl (C=O) groups excluding carboxylic acids is 1. The van der Waals surface area contributed by atoms with E-state index in [0.717, 1.165) is 6.21 Å².